The number of nitrogens with zero attached hydrogens (tertiary/aromatic N) is 1. The molecule has 0 amide bonds. The quantitative estimate of drug-likeness (QED) is 0.512. The van der Waals surface area contributed by atoms with Crippen molar-refractivity contribution in [1.29, 1.82) is 0 Å². The Morgan fingerprint density at radius 3 is 2.50 bits per heavy atom. The molecule has 140 valence electrons. The molecule has 0 N–H and O–H groups in total. The molecule has 26 heavy (non-hydrogen) atoms. The van der Waals surface area contributed by atoms with Crippen molar-refractivity contribution in [1.82, 2.24) is 4.98 Å². The van der Waals surface area contributed by atoms with Gasteiger partial charge in [-0.25, -0.2) is 4.98 Å². The lowest BCUT2D eigenvalue weighted by molar-refractivity contribution is -0.0501. The molecule has 0 saturated heterocycles. The first-order valence-electron chi connectivity index (χ1n) is 7.62. The lowest BCUT2D eigenvalue weighted by Gasteiger charge is -2.21. The van der Waals surface area contributed by atoms with Crippen molar-refractivity contribution in [3.05, 3.63) is 46.6 Å². The molecule has 1 aliphatic carbocycles. The molecule has 0 spiro atoms. The molecular formula is C16H13ClF3NO3S2. The van der Waals surface area contributed by atoms with Gasteiger partial charge in [0.25, 0.3) is 0 Å². The van der Waals surface area contributed by atoms with E-state index >= 15 is 0 Å². The molecule has 0 bridgehead atoms. The lowest BCUT2D eigenvalue weighted by Crippen LogP contribution is -2.29. The number of hydrogen-bond donors (Lipinski definition) is 0. The van der Waals surface area contributed by atoms with Gasteiger partial charge in [0.1, 0.15) is 0 Å². The average Bonchev–Trinajstić information content (AvgIpc) is 2.56. The second-order valence-corrected chi connectivity index (χ2v) is 8.72. The van der Waals surface area contributed by atoms with Crippen LogP contribution in [-0.2, 0) is 23.0 Å². The van der Waals surface area contributed by atoms with Crippen molar-refractivity contribution < 1.29 is 25.8 Å². The van der Waals surface area contributed by atoms with Crippen LogP contribution in [0, 0.1) is 0 Å². The predicted octanol–water partition coefficient (Wildman–Crippen LogP) is 4.99. The molecule has 1 aromatic carbocycles. The van der Waals surface area contributed by atoms with Crippen LogP contribution in [0.4, 0.5) is 13.2 Å². The summed E-state index contributed by atoms with van der Waals surface area (Å²) in [7, 11) is -5.75. The zero-order chi connectivity index (χ0) is 18.9. The predicted molar refractivity (Wildman–Crippen MR) is 92.1 cm³/mol. The van der Waals surface area contributed by atoms with Gasteiger partial charge in [-0.05, 0) is 49.4 Å². The van der Waals surface area contributed by atoms with E-state index in [1.165, 1.54) is 18.0 Å². The highest BCUT2D eigenvalue weighted by atomic mass is 35.5. The molecule has 1 aromatic heterocycles. The highest BCUT2D eigenvalue weighted by Crippen LogP contribution is 2.39. The summed E-state index contributed by atoms with van der Waals surface area (Å²) in [5.74, 6) is -0.493. The molecule has 1 aliphatic rings. The molecule has 10 heteroatoms. The van der Waals surface area contributed by atoms with Crippen LogP contribution in [0.3, 0.4) is 0 Å². The van der Waals surface area contributed by atoms with E-state index in [4.69, 9.17) is 11.6 Å². The highest BCUT2D eigenvalue weighted by Gasteiger charge is 2.49. The van der Waals surface area contributed by atoms with E-state index in [2.05, 4.69) is 9.17 Å². The molecule has 0 saturated carbocycles. The summed E-state index contributed by atoms with van der Waals surface area (Å²) in [5, 5.41) is 0.563. The van der Waals surface area contributed by atoms with E-state index in [1.807, 2.05) is 6.07 Å². The molecule has 3 rings (SSSR count). The molecule has 0 unspecified atom stereocenters. The summed E-state index contributed by atoms with van der Waals surface area (Å²) in [4.78, 5) is 5.45. The number of rotatable bonds is 4. The van der Waals surface area contributed by atoms with E-state index in [0.717, 1.165) is 28.2 Å². The number of alkyl halides is 3. The summed E-state index contributed by atoms with van der Waals surface area (Å²) in [6.45, 7) is 0. The first kappa shape index (κ1) is 19.3. The molecule has 0 radical (unpaired) electrons. The van der Waals surface area contributed by atoms with Gasteiger partial charge in [0.05, 0.1) is 0 Å². The summed E-state index contributed by atoms with van der Waals surface area (Å²) in [6.07, 6.45) is 3.95. The lowest BCUT2D eigenvalue weighted by atomic mass is 9.93. The third-order valence-electron chi connectivity index (χ3n) is 3.82. The Kier molecular flexibility index (Phi) is 5.41. The largest absolute Gasteiger partial charge is 0.534 e. The number of fused-ring (bicyclic) bond motifs is 1. The summed E-state index contributed by atoms with van der Waals surface area (Å²) in [5.41, 5.74) is -4.32. The van der Waals surface area contributed by atoms with Crippen molar-refractivity contribution in [3.63, 3.8) is 0 Å². The molecule has 0 atom stereocenters. The highest BCUT2D eigenvalue weighted by molar-refractivity contribution is 7.99. The van der Waals surface area contributed by atoms with Gasteiger partial charge in [-0.2, -0.15) is 21.6 Å². The van der Waals surface area contributed by atoms with Gasteiger partial charge < -0.3 is 4.18 Å². The SMILES string of the molecule is O=S(=O)(Oc1ncc(Sc2cccc(Cl)c2)c2c1CCCC2)C(F)(F)F. The normalized spacial score (nSPS) is 14.8. The third-order valence-corrected chi connectivity index (χ3v) is 6.06. The maximum atomic E-state index is 12.6. The molecule has 0 aliphatic heterocycles. The Morgan fingerprint density at radius 2 is 1.85 bits per heavy atom. The van der Waals surface area contributed by atoms with Crippen molar-refractivity contribution in [2.24, 2.45) is 0 Å². The maximum absolute atomic E-state index is 12.6. The minimum Gasteiger partial charge on any atom is -0.355 e. The zero-order valence-electron chi connectivity index (χ0n) is 13.2. The van der Waals surface area contributed by atoms with Gasteiger partial charge in [0.15, 0.2) is 0 Å². The van der Waals surface area contributed by atoms with Gasteiger partial charge in [-0.3, -0.25) is 0 Å². The Labute approximate surface area is 157 Å². The van der Waals surface area contributed by atoms with Crippen LogP contribution in [0.2, 0.25) is 5.02 Å². The number of benzene rings is 1. The van der Waals surface area contributed by atoms with E-state index in [-0.39, 0.29) is 0 Å². The molecule has 1 heterocycles. The summed E-state index contributed by atoms with van der Waals surface area (Å²) in [6, 6.07) is 7.14. The van der Waals surface area contributed by atoms with E-state index in [0.29, 0.717) is 23.4 Å². The molecular weight excluding hydrogens is 411 g/mol. The Balaban J connectivity index is 1.98. The van der Waals surface area contributed by atoms with Crippen LogP contribution >= 0.6 is 23.4 Å². The molecule has 4 nitrogen and oxygen atoms in total. The standard InChI is InChI=1S/C16H13ClF3NO3S2/c17-10-4-3-5-11(8-10)25-14-9-21-15(13-7-2-1-6-12(13)14)24-26(22,23)16(18,19)20/h3-5,8-9H,1-2,6-7H2. The minimum atomic E-state index is -5.75. The number of pyridine rings is 1. The number of halogens is 4. The van der Waals surface area contributed by atoms with E-state index < -0.39 is 21.5 Å². The van der Waals surface area contributed by atoms with Gasteiger partial charge in [0.2, 0.25) is 5.88 Å². The fourth-order valence-corrected chi connectivity index (χ4v) is 4.40. The van der Waals surface area contributed by atoms with Crippen molar-refractivity contribution >= 4 is 33.5 Å². The van der Waals surface area contributed by atoms with Crippen LogP contribution in [0.15, 0.2) is 40.3 Å². The zero-order valence-corrected chi connectivity index (χ0v) is 15.6. The fourth-order valence-electron chi connectivity index (χ4n) is 2.65. The monoisotopic (exact) mass is 423 g/mol. The Hall–Kier alpha value is -1.45. The first-order chi connectivity index (χ1) is 12.2. The third kappa shape index (κ3) is 4.10. The second kappa shape index (κ2) is 7.28. The Morgan fingerprint density at radius 1 is 1.15 bits per heavy atom. The van der Waals surface area contributed by atoms with Gasteiger partial charge in [-0.15, -0.1) is 0 Å². The van der Waals surface area contributed by atoms with Crippen LogP contribution in [0.25, 0.3) is 0 Å². The van der Waals surface area contributed by atoms with Crippen molar-refractivity contribution in [3.8, 4) is 5.88 Å². The topological polar surface area (TPSA) is 56.3 Å². The van der Waals surface area contributed by atoms with Gasteiger partial charge in [-0.1, -0.05) is 29.4 Å². The van der Waals surface area contributed by atoms with Crippen LogP contribution in [-0.4, -0.2) is 18.9 Å². The van der Waals surface area contributed by atoms with E-state index in [1.54, 1.807) is 18.2 Å². The number of aromatic nitrogens is 1. The van der Waals surface area contributed by atoms with Crippen LogP contribution in [0.1, 0.15) is 24.0 Å². The smallest absolute Gasteiger partial charge is 0.355 e. The van der Waals surface area contributed by atoms with Crippen molar-refractivity contribution in [2.75, 3.05) is 0 Å². The summed E-state index contributed by atoms with van der Waals surface area (Å²) < 4.78 is 64.7. The van der Waals surface area contributed by atoms with Crippen LogP contribution in [0.5, 0.6) is 5.88 Å². The first-order valence-corrected chi connectivity index (χ1v) is 10.2. The maximum Gasteiger partial charge on any atom is 0.534 e. The molecule has 0 fully saturated rings. The van der Waals surface area contributed by atoms with Crippen molar-refractivity contribution in [2.45, 2.75) is 41.0 Å². The van der Waals surface area contributed by atoms with E-state index in [9.17, 15) is 21.6 Å². The second-order valence-electron chi connectivity index (χ2n) is 5.63. The fraction of sp³-hybridized carbons (Fsp3) is 0.312. The number of hydrogen-bond acceptors (Lipinski definition) is 5. The average molecular weight is 424 g/mol. The summed E-state index contributed by atoms with van der Waals surface area (Å²) >= 11 is 7.35. The molecule has 2 aromatic rings. The Bertz CT molecular complexity index is 933. The minimum absolute atomic E-state index is 0.412. The van der Waals surface area contributed by atoms with Gasteiger partial charge in [0, 0.05) is 26.6 Å². The van der Waals surface area contributed by atoms with Gasteiger partial charge >= 0.3 is 15.6 Å². The van der Waals surface area contributed by atoms with Crippen LogP contribution < -0.4 is 4.18 Å².